The number of rotatable bonds is 3. The van der Waals surface area contributed by atoms with Crippen LogP contribution in [-0.2, 0) is 0 Å². The molecule has 0 radical (unpaired) electrons. The van der Waals surface area contributed by atoms with Gasteiger partial charge in [-0.1, -0.05) is 60.7 Å². The fourth-order valence-electron chi connectivity index (χ4n) is 3.90. The first-order chi connectivity index (χ1) is 14.3. The number of aromatic nitrogens is 3. The van der Waals surface area contributed by atoms with Gasteiger partial charge in [0.05, 0.1) is 11.8 Å². The SMILES string of the molecule is OC1CCCN(c2ncc3cc(-c4ccccc4)c(-c4ccccc4)nc3n2)C1. The highest BCUT2D eigenvalue weighted by Crippen LogP contribution is 2.33. The maximum atomic E-state index is 10.00. The molecule has 2 aromatic heterocycles. The van der Waals surface area contributed by atoms with Crippen molar-refractivity contribution in [1.82, 2.24) is 15.0 Å². The van der Waals surface area contributed by atoms with Gasteiger partial charge in [0.2, 0.25) is 5.95 Å². The van der Waals surface area contributed by atoms with Crippen molar-refractivity contribution in [2.24, 2.45) is 0 Å². The molecule has 0 spiro atoms. The van der Waals surface area contributed by atoms with Gasteiger partial charge in [-0.05, 0) is 24.5 Å². The number of piperidine rings is 1. The number of hydrogen-bond acceptors (Lipinski definition) is 5. The molecular formula is C24H22N4O. The van der Waals surface area contributed by atoms with Gasteiger partial charge in [0, 0.05) is 35.8 Å². The summed E-state index contributed by atoms with van der Waals surface area (Å²) in [5, 5.41) is 10.9. The monoisotopic (exact) mass is 382 g/mol. The second-order valence-corrected chi connectivity index (χ2v) is 7.44. The van der Waals surface area contributed by atoms with Crippen molar-refractivity contribution in [3.05, 3.63) is 72.9 Å². The molecule has 0 amide bonds. The van der Waals surface area contributed by atoms with Crippen LogP contribution in [0, 0.1) is 0 Å². The summed E-state index contributed by atoms with van der Waals surface area (Å²) < 4.78 is 0. The summed E-state index contributed by atoms with van der Waals surface area (Å²) in [6.07, 6.45) is 3.29. The second-order valence-electron chi connectivity index (χ2n) is 7.44. The van der Waals surface area contributed by atoms with Gasteiger partial charge >= 0.3 is 0 Å². The quantitative estimate of drug-likeness (QED) is 0.572. The van der Waals surface area contributed by atoms with Gasteiger partial charge in [-0.2, -0.15) is 4.98 Å². The molecule has 0 aliphatic carbocycles. The third-order valence-corrected chi connectivity index (χ3v) is 5.37. The number of nitrogens with zero attached hydrogens (tertiary/aromatic N) is 4. The fourth-order valence-corrected chi connectivity index (χ4v) is 3.90. The molecule has 144 valence electrons. The minimum atomic E-state index is -0.323. The Kier molecular flexibility index (Phi) is 4.66. The van der Waals surface area contributed by atoms with Crippen molar-refractivity contribution in [3.63, 3.8) is 0 Å². The average Bonchev–Trinajstić information content (AvgIpc) is 2.79. The van der Waals surface area contributed by atoms with E-state index in [4.69, 9.17) is 9.97 Å². The number of hydrogen-bond donors (Lipinski definition) is 1. The lowest BCUT2D eigenvalue weighted by Gasteiger charge is -2.30. The Labute approximate surface area is 169 Å². The molecule has 2 aromatic carbocycles. The number of β-amino-alcohol motifs (C(OH)–C–C–N with tert-alkyl or cyclic N) is 1. The molecule has 0 bridgehead atoms. The molecule has 5 rings (SSSR count). The van der Waals surface area contributed by atoms with E-state index in [1.807, 2.05) is 47.5 Å². The summed E-state index contributed by atoms with van der Waals surface area (Å²) in [6.45, 7) is 1.43. The lowest BCUT2D eigenvalue weighted by atomic mass is 9.98. The van der Waals surface area contributed by atoms with E-state index < -0.39 is 0 Å². The van der Waals surface area contributed by atoms with E-state index in [1.54, 1.807) is 0 Å². The van der Waals surface area contributed by atoms with Gasteiger partial charge in [0.25, 0.3) is 0 Å². The zero-order chi connectivity index (χ0) is 19.6. The zero-order valence-electron chi connectivity index (χ0n) is 16.1. The number of fused-ring (bicyclic) bond motifs is 1. The Morgan fingerprint density at radius 3 is 2.34 bits per heavy atom. The number of benzene rings is 2. The molecule has 3 heterocycles. The predicted octanol–water partition coefficient (Wildman–Crippen LogP) is 4.32. The molecule has 1 aliphatic heterocycles. The molecule has 1 fully saturated rings. The number of anilines is 1. The van der Waals surface area contributed by atoms with Crippen LogP contribution < -0.4 is 4.90 Å². The van der Waals surface area contributed by atoms with Gasteiger partial charge < -0.3 is 10.0 Å². The van der Waals surface area contributed by atoms with Crippen molar-refractivity contribution in [1.29, 1.82) is 0 Å². The summed E-state index contributed by atoms with van der Waals surface area (Å²) in [6, 6.07) is 22.6. The summed E-state index contributed by atoms with van der Waals surface area (Å²) >= 11 is 0. The van der Waals surface area contributed by atoms with Crippen molar-refractivity contribution in [3.8, 4) is 22.4 Å². The van der Waals surface area contributed by atoms with Crippen LogP contribution in [0.5, 0.6) is 0 Å². The lowest BCUT2D eigenvalue weighted by Crippen LogP contribution is -2.39. The lowest BCUT2D eigenvalue weighted by molar-refractivity contribution is 0.153. The average molecular weight is 382 g/mol. The third-order valence-electron chi connectivity index (χ3n) is 5.37. The van der Waals surface area contributed by atoms with Crippen molar-refractivity contribution in [2.75, 3.05) is 18.0 Å². The van der Waals surface area contributed by atoms with E-state index in [0.717, 1.165) is 47.2 Å². The number of pyridine rings is 1. The minimum absolute atomic E-state index is 0.323. The second kappa shape index (κ2) is 7.60. The normalized spacial score (nSPS) is 16.9. The van der Waals surface area contributed by atoms with Crippen LogP contribution in [0.4, 0.5) is 5.95 Å². The molecule has 5 heteroatoms. The molecule has 1 saturated heterocycles. The molecule has 1 aliphatic rings. The Morgan fingerprint density at radius 2 is 1.62 bits per heavy atom. The first-order valence-corrected chi connectivity index (χ1v) is 9.99. The third kappa shape index (κ3) is 3.57. The van der Waals surface area contributed by atoms with E-state index in [2.05, 4.69) is 35.3 Å². The Morgan fingerprint density at radius 1 is 0.897 bits per heavy atom. The van der Waals surface area contributed by atoms with Crippen molar-refractivity contribution >= 4 is 17.0 Å². The maximum absolute atomic E-state index is 10.00. The molecule has 1 atom stereocenters. The van der Waals surface area contributed by atoms with Crippen LogP contribution in [0.15, 0.2) is 72.9 Å². The standard InChI is InChI=1S/C24H22N4O/c29-20-12-7-13-28(16-20)24-25-15-19-14-21(17-8-3-1-4-9-17)22(26-23(19)27-24)18-10-5-2-6-11-18/h1-6,8-11,14-15,20,29H,7,12-13,16H2. The van der Waals surface area contributed by atoms with Gasteiger partial charge in [0.15, 0.2) is 5.65 Å². The summed E-state index contributed by atoms with van der Waals surface area (Å²) in [4.78, 5) is 16.3. The highest BCUT2D eigenvalue weighted by molar-refractivity contribution is 5.90. The summed E-state index contributed by atoms with van der Waals surface area (Å²) in [7, 11) is 0. The first-order valence-electron chi connectivity index (χ1n) is 9.99. The van der Waals surface area contributed by atoms with Gasteiger partial charge in [-0.25, -0.2) is 9.97 Å². The van der Waals surface area contributed by atoms with E-state index in [9.17, 15) is 5.11 Å². The molecule has 4 aromatic rings. The molecule has 0 saturated carbocycles. The predicted molar refractivity (Wildman–Crippen MR) is 116 cm³/mol. The smallest absolute Gasteiger partial charge is 0.227 e. The Hall–Kier alpha value is -3.31. The number of aliphatic hydroxyl groups is 1. The summed E-state index contributed by atoms with van der Waals surface area (Å²) in [5.41, 5.74) is 4.82. The molecule has 1 N–H and O–H groups in total. The van der Waals surface area contributed by atoms with E-state index in [0.29, 0.717) is 18.1 Å². The van der Waals surface area contributed by atoms with Crippen LogP contribution in [0.3, 0.4) is 0 Å². The topological polar surface area (TPSA) is 62.1 Å². The fraction of sp³-hybridized carbons (Fsp3) is 0.208. The van der Waals surface area contributed by atoms with E-state index >= 15 is 0 Å². The molecular weight excluding hydrogens is 360 g/mol. The highest BCUT2D eigenvalue weighted by atomic mass is 16.3. The van der Waals surface area contributed by atoms with E-state index in [1.165, 1.54) is 0 Å². The van der Waals surface area contributed by atoms with Gasteiger partial charge in [-0.3, -0.25) is 0 Å². The van der Waals surface area contributed by atoms with E-state index in [-0.39, 0.29) is 6.10 Å². The maximum Gasteiger partial charge on any atom is 0.227 e. The van der Waals surface area contributed by atoms with Crippen molar-refractivity contribution < 1.29 is 5.11 Å². The highest BCUT2D eigenvalue weighted by Gasteiger charge is 2.21. The van der Waals surface area contributed by atoms with Crippen LogP contribution in [0.2, 0.25) is 0 Å². The minimum Gasteiger partial charge on any atom is -0.391 e. The first kappa shape index (κ1) is 17.8. The van der Waals surface area contributed by atoms with Gasteiger partial charge in [0.1, 0.15) is 0 Å². The molecule has 5 nitrogen and oxygen atoms in total. The van der Waals surface area contributed by atoms with Crippen LogP contribution in [-0.4, -0.2) is 39.3 Å². The summed E-state index contributed by atoms with van der Waals surface area (Å²) in [5.74, 6) is 0.634. The van der Waals surface area contributed by atoms with Gasteiger partial charge in [-0.15, -0.1) is 0 Å². The Balaban J connectivity index is 1.66. The number of aliphatic hydroxyl groups excluding tert-OH is 1. The Bertz CT molecular complexity index is 1130. The van der Waals surface area contributed by atoms with Crippen LogP contribution in [0.1, 0.15) is 12.8 Å². The van der Waals surface area contributed by atoms with Crippen LogP contribution in [0.25, 0.3) is 33.4 Å². The zero-order valence-corrected chi connectivity index (χ0v) is 16.1. The van der Waals surface area contributed by atoms with Crippen molar-refractivity contribution in [2.45, 2.75) is 18.9 Å². The van der Waals surface area contributed by atoms with Crippen LogP contribution >= 0.6 is 0 Å². The largest absolute Gasteiger partial charge is 0.391 e. The molecule has 29 heavy (non-hydrogen) atoms. The molecule has 1 unspecified atom stereocenters.